The van der Waals surface area contributed by atoms with Crippen molar-refractivity contribution in [1.82, 2.24) is 5.32 Å². The van der Waals surface area contributed by atoms with Crippen LogP contribution < -0.4 is 10.1 Å². The van der Waals surface area contributed by atoms with E-state index in [0.29, 0.717) is 6.04 Å². The molecule has 17 heavy (non-hydrogen) atoms. The van der Waals surface area contributed by atoms with Crippen molar-refractivity contribution in [3.8, 4) is 5.75 Å². The van der Waals surface area contributed by atoms with Gasteiger partial charge in [0.05, 0.1) is 6.04 Å². The molecule has 0 saturated carbocycles. The largest absolute Gasteiger partial charge is 0.485 e. The highest BCUT2D eigenvalue weighted by Crippen LogP contribution is 2.39. The van der Waals surface area contributed by atoms with Crippen molar-refractivity contribution < 1.29 is 9.84 Å². The van der Waals surface area contributed by atoms with Crippen LogP contribution in [-0.2, 0) is 0 Å². The van der Waals surface area contributed by atoms with Crippen molar-refractivity contribution in [2.75, 3.05) is 0 Å². The molecular weight excluding hydrogens is 214 g/mol. The third-order valence-electron chi connectivity index (χ3n) is 3.17. The van der Waals surface area contributed by atoms with Gasteiger partial charge in [0.1, 0.15) is 17.5 Å². The van der Waals surface area contributed by atoms with Crippen molar-refractivity contribution >= 4 is 0 Å². The van der Waals surface area contributed by atoms with Crippen molar-refractivity contribution in [2.45, 2.75) is 51.5 Å². The fourth-order valence-corrected chi connectivity index (χ4v) is 2.29. The van der Waals surface area contributed by atoms with Gasteiger partial charge in [-0.1, -0.05) is 32.0 Å². The summed E-state index contributed by atoms with van der Waals surface area (Å²) in [6, 6.07) is 8.14. The summed E-state index contributed by atoms with van der Waals surface area (Å²) in [4.78, 5) is 0. The number of nitrogens with one attached hydrogen (secondary N) is 1. The van der Waals surface area contributed by atoms with Gasteiger partial charge in [0, 0.05) is 11.6 Å². The van der Waals surface area contributed by atoms with E-state index in [2.05, 4.69) is 19.2 Å². The Morgan fingerprint density at radius 2 is 1.94 bits per heavy atom. The Morgan fingerprint density at radius 3 is 2.59 bits per heavy atom. The Hall–Kier alpha value is -1.06. The second kappa shape index (κ2) is 4.31. The highest BCUT2D eigenvalue weighted by molar-refractivity contribution is 5.40. The predicted octanol–water partition coefficient (Wildman–Crippen LogP) is 2.26. The normalized spacial score (nSPS) is 26.5. The van der Waals surface area contributed by atoms with Crippen molar-refractivity contribution in [3.63, 3.8) is 0 Å². The molecule has 0 fully saturated rings. The van der Waals surface area contributed by atoms with E-state index in [-0.39, 0.29) is 6.04 Å². The van der Waals surface area contributed by atoms with E-state index in [9.17, 15) is 5.11 Å². The molecule has 0 aromatic heterocycles. The topological polar surface area (TPSA) is 41.5 Å². The first-order valence-electron chi connectivity index (χ1n) is 6.14. The summed E-state index contributed by atoms with van der Waals surface area (Å²) < 4.78 is 5.85. The SMILES string of the molecule is CC(C)N[C@H]1c2ccccc2OC(C)(C)[C@@H]1O. The van der Waals surface area contributed by atoms with E-state index >= 15 is 0 Å². The van der Waals surface area contributed by atoms with E-state index in [4.69, 9.17) is 4.74 Å². The number of benzene rings is 1. The lowest BCUT2D eigenvalue weighted by atomic mass is 9.86. The lowest BCUT2D eigenvalue weighted by Crippen LogP contribution is -2.53. The maximum atomic E-state index is 10.4. The second-order valence-electron chi connectivity index (χ2n) is 5.49. The molecule has 0 unspecified atom stereocenters. The summed E-state index contributed by atoms with van der Waals surface area (Å²) in [6.07, 6.45) is -0.556. The Morgan fingerprint density at radius 1 is 1.29 bits per heavy atom. The first-order chi connectivity index (χ1) is 7.92. The molecule has 1 aliphatic rings. The fraction of sp³-hybridized carbons (Fsp3) is 0.571. The molecule has 0 spiro atoms. The summed E-state index contributed by atoms with van der Waals surface area (Å²) in [7, 11) is 0. The predicted molar refractivity (Wildman–Crippen MR) is 68.2 cm³/mol. The van der Waals surface area contributed by atoms with Crippen LogP contribution in [0.15, 0.2) is 24.3 Å². The third kappa shape index (κ3) is 2.31. The summed E-state index contributed by atoms with van der Waals surface area (Å²) in [5, 5.41) is 13.8. The molecule has 2 rings (SSSR count). The number of para-hydroxylation sites is 1. The molecule has 2 N–H and O–H groups in total. The van der Waals surface area contributed by atoms with Crippen LogP contribution in [0.25, 0.3) is 0 Å². The average Bonchev–Trinajstić information content (AvgIpc) is 2.24. The molecule has 0 amide bonds. The molecule has 3 nitrogen and oxygen atoms in total. The van der Waals surface area contributed by atoms with E-state index in [1.807, 2.05) is 38.1 Å². The van der Waals surface area contributed by atoms with Gasteiger partial charge in [-0.2, -0.15) is 0 Å². The molecule has 1 aliphatic heterocycles. The molecule has 3 heteroatoms. The molecule has 2 atom stereocenters. The zero-order chi connectivity index (χ0) is 12.6. The summed E-state index contributed by atoms with van der Waals surface area (Å²) in [6.45, 7) is 8.00. The minimum absolute atomic E-state index is 0.0741. The molecule has 0 saturated heterocycles. The number of aliphatic hydroxyl groups excluding tert-OH is 1. The average molecular weight is 235 g/mol. The van der Waals surface area contributed by atoms with Gasteiger partial charge in [-0.25, -0.2) is 0 Å². The van der Waals surface area contributed by atoms with Crippen LogP contribution in [0.2, 0.25) is 0 Å². The van der Waals surface area contributed by atoms with Gasteiger partial charge in [0.15, 0.2) is 0 Å². The first-order valence-corrected chi connectivity index (χ1v) is 6.14. The van der Waals surface area contributed by atoms with Gasteiger partial charge < -0.3 is 15.2 Å². The van der Waals surface area contributed by atoms with Crippen LogP contribution in [0.4, 0.5) is 0 Å². The van der Waals surface area contributed by atoms with Gasteiger partial charge in [-0.05, 0) is 19.9 Å². The zero-order valence-corrected chi connectivity index (χ0v) is 10.9. The Balaban J connectivity index is 2.41. The smallest absolute Gasteiger partial charge is 0.131 e. The van der Waals surface area contributed by atoms with Gasteiger partial charge >= 0.3 is 0 Å². The molecule has 1 heterocycles. The van der Waals surface area contributed by atoms with Crippen LogP contribution in [0.1, 0.15) is 39.3 Å². The molecule has 0 radical (unpaired) electrons. The molecule has 94 valence electrons. The first kappa shape index (κ1) is 12.4. The van der Waals surface area contributed by atoms with Crippen LogP contribution in [0.3, 0.4) is 0 Å². The number of hydrogen-bond acceptors (Lipinski definition) is 3. The summed E-state index contributed by atoms with van der Waals surface area (Å²) >= 11 is 0. The van der Waals surface area contributed by atoms with Crippen molar-refractivity contribution in [2.24, 2.45) is 0 Å². The highest BCUT2D eigenvalue weighted by Gasteiger charge is 2.42. The van der Waals surface area contributed by atoms with Crippen LogP contribution >= 0.6 is 0 Å². The number of rotatable bonds is 2. The minimum atomic E-state index is -0.569. The number of ether oxygens (including phenoxy) is 1. The van der Waals surface area contributed by atoms with Crippen LogP contribution in [0.5, 0.6) is 5.75 Å². The summed E-state index contributed by atoms with van der Waals surface area (Å²) in [5.41, 5.74) is 0.467. The molecule has 1 aromatic rings. The second-order valence-corrected chi connectivity index (χ2v) is 5.49. The standard InChI is InChI=1S/C14H21NO2/c1-9(2)15-12-10-7-5-6-8-11(10)17-14(3,4)13(12)16/h5-9,12-13,15-16H,1-4H3/t12-,13+/m0/s1. The lowest BCUT2D eigenvalue weighted by Gasteiger charge is -2.43. The molecule has 0 bridgehead atoms. The molecular formula is C14H21NO2. The van der Waals surface area contributed by atoms with Crippen LogP contribution in [-0.4, -0.2) is 22.9 Å². The molecule has 0 aliphatic carbocycles. The van der Waals surface area contributed by atoms with E-state index in [1.165, 1.54) is 0 Å². The maximum Gasteiger partial charge on any atom is 0.131 e. The number of fused-ring (bicyclic) bond motifs is 1. The lowest BCUT2D eigenvalue weighted by molar-refractivity contribution is -0.0658. The number of aliphatic hydroxyl groups is 1. The van der Waals surface area contributed by atoms with Crippen molar-refractivity contribution in [3.05, 3.63) is 29.8 Å². The Bertz CT molecular complexity index is 401. The van der Waals surface area contributed by atoms with E-state index < -0.39 is 11.7 Å². The van der Waals surface area contributed by atoms with Gasteiger partial charge in [0.25, 0.3) is 0 Å². The highest BCUT2D eigenvalue weighted by atomic mass is 16.5. The molecule has 1 aromatic carbocycles. The van der Waals surface area contributed by atoms with E-state index in [0.717, 1.165) is 11.3 Å². The minimum Gasteiger partial charge on any atom is -0.485 e. The summed E-state index contributed by atoms with van der Waals surface area (Å²) in [5.74, 6) is 0.862. The Kier molecular flexibility index (Phi) is 3.15. The Labute approximate surface area is 103 Å². The zero-order valence-electron chi connectivity index (χ0n) is 10.9. The maximum absolute atomic E-state index is 10.4. The number of hydrogen-bond donors (Lipinski definition) is 2. The monoisotopic (exact) mass is 235 g/mol. The van der Waals surface area contributed by atoms with E-state index in [1.54, 1.807) is 0 Å². The van der Waals surface area contributed by atoms with Gasteiger partial charge in [-0.15, -0.1) is 0 Å². The van der Waals surface area contributed by atoms with Gasteiger partial charge in [-0.3, -0.25) is 0 Å². The van der Waals surface area contributed by atoms with Crippen LogP contribution in [0, 0.1) is 0 Å². The fourth-order valence-electron chi connectivity index (χ4n) is 2.29. The van der Waals surface area contributed by atoms with Gasteiger partial charge in [0.2, 0.25) is 0 Å². The quantitative estimate of drug-likeness (QED) is 0.826. The van der Waals surface area contributed by atoms with Crippen molar-refractivity contribution in [1.29, 1.82) is 0 Å². The third-order valence-corrected chi connectivity index (χ3v) is 3.17.